The van der Waals surface area contributed by atoms with Crippen molar-refractivity contribution in [3.8, 4) is 11.3 Å². The zero-order valence-corrected chi connectivity index (χ0v) is 12.3. The number of carbonyl (C=O) groups is 1. The first kappa shape index (κ1) is 14.6. The summed E-state index contributed by atoms with van der Waals surface area (Å²) in [5, 5.41) is 9.19. The molecular weight excluding hydrogens is 327 g/mol. The number of benzene rings is 1. The largest absolute Gasteiger partial charge is 0.478 e. The maximum absolute atomic E-state index is 13.9. The normalized spacial score (nSPS) is 10.6. The van der Waals surface area contributed by atoms with Crippen LogP contribution in [0, 0.1) is 5.82 Å². The van der Waals surface area contributed by atoms with Crippen molar-refractivity contribution in [3.63, 3.8) is 0 Å². The van der Waals surface area contributed by atoms with Crippen molar-refractivity contribution in [1.82, 2.24) is 9.97 Å². The molecule has 0 saturated carbocycles. The molecular formula is C14H12BrFN2O2. The van der Waals surface area contributed by atoms with Crippen LogP contribution in [0.2, 0.25) is 0 Å². The van der Waals surface area contributed by atoms with Crippen LogP contribution in [0.15, 0.2) is 28.9 Å². The Labute approximate surface area is 123 Å². The molecule has 0 amide bonds. The number of aryl methyl sites for hydroxylation is 1. The topological polar surface area (TPSA) is 63.1 Å². The molecule has 1 heterocycles. The summed E-state index contributed by atoms with van der Waals surface area (Å²) in [5.41, 5.74) is 0.146. The number of carboxylic acid groups (broad SMARTS) is 1. The van der Waals surface area contributed by atoms with Crippen LogP contribution in [0.1, 0.15) is 29.5 Å². The highest BCUT2D eigenvalue weighted by Crippen LogP contribution is 2.27. The van der Waals surface area contributed by atoms with E-state index >= 15 is 0 Å². The van der Waals surface area contributed by atoms with Gasteiger partial charge in [0.15, 0.2) is 0 Å². The molecule has 20 heavy (non-hydrogen) atoms. The van der Waals surface area contributed by atoms with E-state index in [9.17, 15) is 14.3 Å². The van der Waals surface area contributed by atoms with Crippen LogP contribution in [0.3, 0.4) is 0 Å². The molecule has 0 spiro atoms. The van der Waals surface area contributed by atoms with Crippen LogP contribution in [0.25, 0.3) is 11.3 Å². The Morgan fingerprint density at radius 2 is 2.20 bits per heavy atom. The first-order chi connectivity index (χ1) is 9.52. The van der Waals surface area contributed by atoms with Crippen LogP contribution in [-0.4, -0.2) is 21.0 Å². The Bertz CT molecular complexity index is 662. The number of rotatable bonds is 4. The summed E-state index contributed by atoms with van der Waals surface area (Å²) in [6, 6.07) is 4.33. The van der Waals surface area contributed by atoms with E-state index in [1.54, 1.807) is 6.07 Å². The third-order valence-electron chi connectivity index (χ3n) is 2.73. The van der Waals surface area contributed by atoms with Gasteiger partial charge >= 0.3 is 5.97 Å². The smallest absolute Gasteiger partial charge is 0.339 e. The molecule has 2 aromatic rings. The zero-order valence-electron chi connectivity index (χ0n) is 10.7. The molecule has 6 heteroatoms. The number of hydrogen-bond donors (Lipinski definition) is 1. The van der Waals surface area contributed by atoms with Crippen molar-refractivity contribution in [2.45, 2.75) is 19.8 Å². The lowest BCUT2D eigenvalue weighted by Gasteiger charge is -2.08. The Morgan fingerprint density at radius 3 is 2.85 bits per heavy atom. The van der Waals surface area contributed by atoms with Crippen LogP contribution in [0.4, 0.5) is 4.39 Å². The highest BCUT2D eigenvalue weighted by Gasteiger charge is 2.18. The first-order valence-corrected chi connectivity index (χ1v) is 6.87. The molecule has 2 rings (SSSR count). The van der Waals surface area contributed by atoms with Gasteiger partial charge in [-0.15, -0.1) is 0 Å². The average Bonchev–Trinajstić information content (AvgIpc) is 2.41. The van der Waals surface area contributed by atoms with Gasteiger partial charge in [0.2, 0.25) is 0 Å². The lowest BCUT2D eigenvalue weighted by atomic mass is 10.1. The Hall–Kier alpha value is -1.82. The van der Waals surface area contributed by atoms with Crippen molar-refractivity contribution in [2.24, 2.45) is 0 Å². The van der Waals surface area contributed by atoms with E-state index in [2.05, 4.69) is 25.9 Å². The van der Waals surface area contributed by atoms with Gasteiger partial charge < -0.3 is 5.11 Å². The minimum atomic E-state index is -1.18. The predicted octanol–water partition coefficient (Wildman–Crippen LogP) is 3.70. The molecule has 4 nitrogen and oxygen atoms in total. The fourth-order valence-electron chi connectivity index (χ4n) is 1.80. The van der Waals surface area contributed by atoms with Gasteiger partial charge in [-0.2, -0.15) is 0 Å². The summed E-state index contributed by atoms with van der Waals surface area (Å²) < 4.78 is 14.6. The lowest BCUT2D eigenvalue weighted by Crippen LogP contribution is -2.07. The van der Waals surface area contributed by atoms with E-state index in [1.165, 1.54) is 18.3 Å². The van der Waals surface area contributed by atoms with E-state index in [1.807, 2.05) is 6.92 Å². The van der Waals surface area contributed by atoms with Crippen molar-refractivity contribution in [3.05, 3.63) is 46.1 Å². The number of aromatic carboxylic acids is 1. The molecule has 0 bridgehead atoms. The molecule has 1 aromatic carbocycles. The quantitative estimate of drug-likeness (QED) is 0.923. The summed E-state index contributed by atoms with van der Waals surface area (Å²) >= 11 is 3.25. The zero-order chi connectivity index (χ0) is 14.7. The molecule has 0 unspecified atom stereocenters. The molecule has 0 aliphatic carbocycles. The van der Waals surface area contributed by atoms with Gasteiger partial charge in [0.05, 0.1) is 5.69 Å². The number of halogens is 2. The monoisotopic (exact) mass is 338 g/mol. The minimum absolute atomic E-state index is 0.106. The molecule has 0 aliphatic heterocycles. The predicted molar refractivity (Wildman–Crippen MR) is 76.1 cm³/mol. The maximum Gasteiger partial charge on any atom is 0.339 e. The fraction of sp³-hybridized carbons (Fsp3) is 0.214. The van der Waals surface area contributed by atoms with Crippen LogP contribution in [0.5, 0.6) is 0 Å². The third-order valence-corrected chi connectivity index (χ3v) is 3.22. The van der Waals surface area contributed by atoms with Gasteiger partial charge in [-0.05, 0) is 24.6 Å². The fourth-order valence-corrected chi connectivity index (χ4v) is 2.16. The van der Waals surface area contributed by atoms with Crippen LogP contribution in [-0.2, 0) is 6.42 Å². The molecule has 0 saturated heterocycles. The molecule has 104 valence electrons. The standard InChI is InChI=1S/C14H12BrFN2O2/c1-2-3-12-17-7-10(14(19)20)13(18-12)9-6-8(15)4-5-11(9)16/h4-7H,2-3H2,1H3,(H,19,20). The van der Waals surface area contributed by atoms with E-state index in [4.69, 9.17) is 0 Å². The first-order valence-electron chi connectivity index (χ1n) is 6.07. The average molecular weight is 339 g/mol. The van der Waals surface area contributed by atoms with E-state index in [0.717, 1.165) is 6.42 Å². The van der Waals surface area contributed by atoms with Crippen molar-refractivity contribution in [1.29, 1.82) is 0 Å². The molecule has 0 fully saturated rings. The lowest BCUT2D eigenvalue weighted by molar-refractivity contribution is 0.0697. The summed E-state index contributed by atoms with van der Waals surface area (Å²) in [7, 11) is 0. The van der Waals surface area contributed by atoms with Crippen LogP contribution >= 0.6 is 15.9 Å². The van der Waals surface area contributed by atoms with Gasteiger partial charge in [-0.1, -0.05) is 22.9 Å². The van der Waals surface area contributed by atoms with Crippen LogP contribution < -0.4 is 0 Å². The summed E-state index contributed by atoms with van der Waals surface area (Å²) in [6.07, 6.45) is 2.67. The maximum atomic E-state index is 13.9. The number of aromatic nitrogens is 2. The highest BCUT2D eigenvalue weighted by molar-refractivity contribution is 9.10. The van der Waals surface area contributed by atoms with E-state index in [-0.39, 0.29) is 16.8 Å². The minimum Gasteiger partial charge on any atom is -0.478 e. The molecule has 1 aromatic heterocycles. The van der Waals surface area contributed by atoms with Gasteiger partial charge in [0.25, 0.3) is 0 Å². The van der Waals surface area contributed by atoms with Crippen molar-refractivity contribution < 1.29 is 14.3 Å². The summed E-state index contributed by atoms with van der Waals surface area (Å²) in [4.78, 5) is 19.5. The Balaban J connectivity index is 2.65. The second-order valence-electron chi connectivity index (χ2n) is 4.23. The van der Waals surface area contributed by atoms with Gasteiger partial charge in [0, 0.05) is 22.7 Å². The molecule has 1 N–H and O–H groups in total. The SMILES string of the molecule is CCCc1ncc(C(=O)O)c(-c2cc(Br)ccc2F)n1. The van der Waals surface area contributed by atoms with Crippen molar-refractivity contribution >= 4 is 21.9 Å². The number of nitrogens with zero attached hydrogens (tertiary/aromatic N) is 2. The molecule has 0 atom stereocenters. The second kappa shape index (κ2) is 6.09. The summed E-state index contributed by atoms with van der Waals surface area (Å²) in [5.74, 6) is -1.19. The molecule has 0 aliphatic rings. The van der Waals surface area contributed by atoms with E-state index < -0.39 is 11.8 Å². The summed E-state index contributed by atoms with van der Waals surface area (Å²) in [6.45, 7) is 1.97. The Morgan fingerprint density at radius 1 is 1.45 bits per heavy atom. The molecule has 0 radical (unpaired) electrons. The number of carboxylic acids is 1. The Kier molecular flexibility index (Phi) is 4.44. The number of hydrogen-bond acceptors (Lipinski definition) is 3. The van der Waals surface area contributed by atoms with Gasteiger partial charge in [-0.3, -0.25) is 0 Å². The highest BCUT2D eigenvalue weighted by atomic mass is 79.9. The van der Waals surface area contributed by atoms with Gasteiger partial charge in [0.1, 0.15) is 17.2 Å². The van der Waals surface area contributed by atoms with Crippen molar-refractivity contribution in [2.75, 3.05) is 0 Å². The van der Waals surface area contributed by atoms with E-state index in [0.29, 0.717) is 16.7 Å². The third kappa shape index (κ3) is 3.01. The second-order valence-corrected chi connectivity index (χ2v) is 5.14. The van der Waals surface area contributed by atoms with Gasteiger partial charge in [-0.25, -0.2) is 19.2 Å².